The van der Waals surface area contributed by atoms with E-state index in [4.69, 9.17) is 10.2 Å². The molecule has 0 bridgehead atoms. The van der Waals surface area contributed by atoms with Crippen molar-refractivity contribution in [2.45, 2.75) is 18.9 Å². The van der Waals surface area contributed by atoms with Crippen LogP contribution >= 0.6 is 0 Å². The molecule has 0 aromatic heterocycles. The van der Waals surface area contributed by atoms with E-state index in [0.717, 1.165) is 7.11 Å². The topological polar surface area (TPSA) is 147 Å². The number of aliphatic carboxylic acids is 2. The van der Waals surface area contributed by atoms with Gasteiger partial charge in [0.05, 0.1) is 7.11 Å². The van der Waals surface area contributed by atoms with Gasteiger partial charge in [0.15, 0.2) is 5.75 Å². The van der Waals surface area contributed by atoms with Crippen LogP contribution in [-0.2, 0) is 29.1 Å². The maximum atomic E-state index is 11.3. The molecule has 0 saturated heterocycles. The van der Waals surface area contributed by atoms with Crippen LogP contribution in [0, 0.1) is 0 Å². The first-order valence-corrected chi connectivity index (χ1v) is 6.34. The van der Waals surface area contributed by atoms with Crippen LogP contribution in [0.15, 0.2) is 0 Å². The van der Waals surface area contributed by atoms with Crippen molar-refractivity contribution in [2.24, 2.45) is 0 Å². The molecule has 0 rings (SSSR count). The molecule has 0 saturated carbocycles. The van der Waals surface area contributed by atoms with Crippen LogP contribution < -0.4 is 4.72 Å². The third-order valence-electron chi connectivity index (χ3n) is 1.80. The van der Waals surface area contributed by atoms with Gasteiger partial charge < -0.3 is 14.9 Å². The Hall–Kier alpha value is -1.68. The molecular formula is C8H13NO8S. The van der Waals surface area contributed by atoms with E-state index in [0.29, 0.717) is 0 Å². The molecule has 18 heavy (non-hydrogen) atoms. The maximum Gasteiger partial charge on any atom is 0.322 e. The molecule has 0 aliphatic heterocycles. The highest BCUT2D eigenvalue weighted by Gasteiger charge is 2.26. The van der Waals surface area contributed by atoms with Gasteiger partial charge in [0.2, 0.25) is 10.0 Å². The van der Waals surface area contributed by atoms with Gasteiger partial charge in [-0.2, -0.15) is 0 Å². The fourth-order valence-electron chi connectivity index (χ4n) is 0.973. The van der Waals surface area contributed by atoms with Crippen molar-refractivity contribution >= 4 is 27.9 Å². The van der Waals surface area contributed by atoms with Gasteiger partial charge in [-0.15, -0.1) is 0 Å². The van der Waals surface area contributed by atoms with Crippen LogP contribution in [0.1, 0.15) is 12.8 Å². The van der Waals surface area contributed by atoms with E-state index >= 15 is 0 Å². The Kier molecular flexibility index (Phi) is 6.27. The molecule has 0 aromatic rings. The summed E-state index contributed by atoms with van der Waals surface area (Å²) in [6.07, 6.45) is -0.942. The van der Waals surface area contributed by atoms with Crippen LogP contribution in [0.25, 0.3) is 0 Å². The molecule has 0 unspecified atom stereocenters. The Morgan fingerprint density at radius 3 is 2.22 bits per heavy atom. The zero-order valence-corrected chi connectivity index (χ0v) is 10.3. The molecule has 0 radical (unpaired) electrons. The van der Waals surface area contributed by atoms with E-state index in [1.54, 1.807) is 4.72 Å². The number of sulfonamides is 1. The van der Waals surface area contributed by atoms with E-state index in [2.05, 4.69) is 4.74 Å². The van der Waals surface area contributed by atoms with E-state index < -0.39 is 52.6 Å². The largest absolute Gasteiger partial charge is 0.481 e. The van der Waals surface area contributed by atoms with Gasteiger partial charge in [-0.3, -0.25) is 14.4 Å². The summed E-state index contributed by atoms with van der Waals surface area (Å²) in [7, 11) is -3.20. The Morgan fingerprint density at radius 2 is 1.83 bits per heavy atom. The summed E-state index contributed by atoms with van der Waals surface area (Å²) in [6.45, 7) is 0. The third kappa shape index (κ3) is 6.81. The van der Waals surface area contributed by atoms with Crippen LogP contribution in [-0.4, -0.2) is 55.4 Å². The fourth-order valence-corrected chi connectivity index (χ4v) is 2.14. The lowest BCUT2D eigenvalue weighted by Crippen LogP contribution is -2.43. The lowest BCUT2D eigenvalue weighted by atomic mass is 10.2. The normalized spacial score (nSPS) is 12.7. The summed E-state index contributed by atoms with van der Waals surface area (Å²) in [5, 5.41) is 17.1. The van der Waals surface area contributed by atoms with Crippen molar-refractivity contribution in [2.75, 3.05) is 12.9 Å². The summed E-state index contributed by atoms with van der Waals surface area (Å²) < 4.78 is 28.5. The number of carbonyl (C=O) groups is 3. The highest BCUT2D eigenvalue weighted by molar-refractivity contribution is 7.90. The Morgan fingerprint density at radius 1 is 1.28 bits per heavy atom. The summed E-state index contributed by atoms with van der Waals surface area (Å²) in [5.74, 6) is -4.86. The number of ether oxygens (including phenoxy) is 1. The molecule has 9 nitrogen and oxygen atoms in total. The molecule has 1 atom stereocenters. The molecule has 3 N–H and O–H groups in total. The van der Waals surface area contributed by atoms with Crippen LogP contribution in [0.3, 0.4) is 0 Å². The highest BCUT2D eigenvalue weighted by atomic mass is 32.2. The molecule has 0 heterocycles. The highest BCUT2D eigenvalue weighted by Crippen LogP contribution is 2.01. The van der Waals surface area contributed by atoms with Crippen molar-refractivity contribution in [3.63, 3.8) is 0 Å². The van der Waals surface area contributed by atoms with Gasteiger partial charge in [0, 0.05) is 6.42 Å². The van der Waals surface area contributed by atoms with Crippen LogP contribution in [0.4, 0.5) is 0 Å². The number of nitrogens with one attached hydrogen (secondary N) is 1. The second-order valence-electron chi connectivity index (χ2n) is 3.28. The minimum Gasteiger partial charge on any atom is -0.481 e. The van der Waals surface area contributed by atoms with Gasteiger partial charge in [-0.1, -0.05) is 0 Å². The number of carboxylic acids is 2. The van der Waals surface area contributed by atoms with Crippen molar-refractivity contribution < 1.29 is 37.8 Å². The summed E-state index contributed by atoms with van der Waals surface area (Å²) >= 11 is 0. The first-order valence-electron chi connectivity index (χ1n) is 4.69. The molecule has 0 aliphatic carbocycles. The molecule has 0 amide bonds. The predicted molar refractivity (Wildman–Crippen MR) is 57.2 cm³/mol. The predicted octanol–water partition coefficient (Wildman–Crippen LogP) is -1.60. The lowest BCUT2D eigenvalue weighted by molar-refractivity contribution is -0.141. The summed E-state index contributed by atoms with van der Waals surface area (Å²) in [5.41, 5.74) is 0. The molecular weight excluding hydrogens is 270 g/mol. The maximum absolute atomic E-state index is 11.3. The Bertz CT molecular complexity index is 428. The minimum absolute atomic E-state index is 0.426. The zero-order chi connectivity index (χ0) is 14.3. The molecule has 0 fully saturated rings. The van der Waals surface area contributed by atoms with E-state index in [-0.39, 0.29) is 0 Å². The third-order valence-corrected chi connectivity index (χ3v) is 3.06. The summed E-state index contributed by atoms with van der Waals surface area (Å²) in [6, 6.07) is -1.60. The number of carbonyl (C=O) groups excluding carboxylic acids is 1. The first-order chi connectivity index (χ1) is 8.18. The molecule has 0 spiro atoms. The second-order valence-corrected chi connectivity index (χ2v) is 5.03. The van der Waals surface area contributed by atoms with Crippen molar-refractivity contribution in [1.29, 1.82) is 0 Å². The van der Waals surface area contributed by atoms with Gasteiger partial charge >= 0.3 is 17.9 Å². The van der Waals surface area contributed by atoms with Crippen molar-refractivity contribution in [3.05, 3.63) is 0 Å². The monoisotopic (exact) mass is 283 g/mol. The Balaban J connectivity index is 4.62. The summed E-state index contributed by atoms with van der Waals surface area (Å²) in [4.78, 5) is 31.7. The zero-order valence-electron chi connectivity index (χ0n) is 9.45. The number of hydrogen-bond acceptors (Lipinski definition) is 6. The number of hydrogen-bond donors (Lipinski definition) is 3. The fraction of sp³-hybridized carbons (Fsp3) is 0.625. The number of esters is 1. The standard InChI is InChI=1S/C8H13NO8S/c1-17-7(12)4-18(15,16)9-5(8(13)14)2-3-6(10)11/h5,9H,2-4H2,1H3,(H,10,11)(H,13,14)/t5-/m0/s1. The van der Waals surface area contributed by atoms with Gasteiger partial charge in [-0.25, -0.2) is 13.1 Å². The van der Waals surface area contributed by atoms with Gasteiger partial charge in [0.25, 0.3) is 0 Å². The number of methoxy groups -OCH3 is 1. The van der Waals surface area contributed by atoms with E-state index in [9.17, 15) is 22.8 Å². The van der Waals surface area contributed by atoms with Gasteiger partial charge in [0.1, 0.15) is 6.04 Å². The number of carboxylic acid groups (broad SMARTS) is 2. The SMILES string of the molecule is COC(=O)CS(=O)(=O)N[C@@H](CCC(=O)O)C(=O)O. The molecule has 10 heteroatoms. The molecule has 0 aromatic carbocycles. The smallest absolute Gasteiger partial charge is 0.322 e. The first kappa shape index (κ1) is 16.3. The average Bonchev–Trinajstić information content (AvgIpc) is 2.22. The number of rotatable bonds is 8. The lowest BCUT2D eigenvalue weighted by Gasteiger charge is -2.13. The van der Waals surface area contributed by atoms with Crippen molar-refractivity contribution in [3.8, 4) is 0 Å². The molecule has 0 aliphatic rings. The molecule has 104 valence electrons. The van der Waals surface area contributed by atoms with Crippen LogP contribution in [0.2, 0.25) is 0 Å². The minimum atomic E-state index is -4.18. The van der Waals surface area contributed by atoms with Crippen molar-refractivity contribution in [1.82, 2.24) is 4.72 Å². The average molecular weight is 283 g/mol. The van der Waals surface area contributed by atoms with E-state index in [1.807, 2.05) is 0 Å². The quantitative estimate of drug-likeness (QED) is 0.451. The second kappa shape index (κ2) is 6.91. The van der Waals surface area contributed by atoms with Crippen LogP contribution in [0.5, 0.6) is 0 Å². The van der Waals surface area contributed by atoms with Gasteiger partial charge in [-0.05, 0) is 6.42 Å². The Labute approximate surface area is 103 Å². The van der Waals surface area contributed by atoms with E-state index in [1.165, 1.54) is 0 Å².